The van der Waals surface area contributed by atoms with Gasteiger partial charge in [0.05, 0.1) is 11.6 Å². The number of fused-ring (bicyclic) bond motifs is 1. The second-order valence-corrected chi connectivity index (χ2v) is 7.01. The van der Waals surface area contributed by atoms with E-state index in [0.29, 0.717) is 38.7 Å². The lowest BCUT2D eigenvalue weighted by Crippen LogP contribution is -2.09. The second kappa shape index (κ2) is 9.13. The average Bonchev–Trinajstić information content (AvgIpc) is 3.06. The Morgan fingerprint density at radius 2 is 1.93 bits per heavy atom. The van der Waals surface area contributed by atoms with E-state index < -0.39 is 5.97 Å². The van der Waals surface area contributed by atoms with Crippen molar-refractivity contribution in [3.8, 4) is 0 Å². The Morgan fingerprint density at radius 3 is 2.59 bits per heavy atom. The first-order valence-electron chi connectivity index (χ1n) is 8.88. The summed E-state index contributed by atoms with van der Waals surface area (Å²) in [6.07, 6.45) is 2.85. The Bertz CT molecular complexity index is 1090. The number of H-pyrrole nitrogens is 1. The number of aromatic nitrogens is 1. The summed E-state index contributed by atoms with van der Waals surface area (Å²) in [7, 11) is 0. The van der Waals surface area contributed by atoms with Gasteiger partial charge in [-0.15, -0.1) is 0 Å². The zero-order chi connectivity index (χ0) is 21.0. The van der Waals surface area contributed by atoms with Crippen LogP contribution in [-0.4, -0.2) is 23.5 Å². The van der Waals surface area contributed by atoms with E-state index >= 15 is 0 Å². The van der Waals surface area contributed by atoms with Crippen LogP contribution in [0.15, 0.2) is 42.5 Å². The number of halogens is 2. The number of amides is 1. The summed E-state index contributed by atoms with van der Waals surface area (Å²) >= 11 is 12.4. The number of benzene rings is 2. The van der Waals surface area contributed by atoms with E-state index in [4.69, 9.17) is 33.7 Å². The van der Waals surface area contributed by atoms with Crippen molar-refractivity contribution in [1.29, 1.82) is 0 Å². The molecule has 0 fully saturated rings. The minimum absolute atomic E-state index is 0.197. The first-order valence-corrected chi connectivity index (χ1v) is 9.64. The number of nitrogens with two attached hydrogens (primary N) is 1. The number of ether oxygens (including phenoxy) is 1. The number of hydrogen-bond acceptors (Lipinski definition) is 4. The summed E-state index contributed by atoms with van der Waals surface area (Å²) in [5, 5.41) is 4.12. The van der Waals surface area contributed by atoms with Crippen molar-refractivity contribution in [1.82, 2.24) is 4.98 Å². The highest BCUT2D eigenvalue weighted by molar-refractivity contribution is 6.39. The molecule has 0 aliphatic rings. The molecule has 0 unspecified atom stereocenters. The zero-order valence-electron chi connectivity index (χ0n) is 15.6. The maximum Gasteiger partial charge on any atom is 0.355 e. The van der Waals surface area contributed by atoms with Crippen LogP contribution < -0.4 is 11.1 Å². The number of rotatable bonds is 6. The van der Waals surface area contributed by atoms with Crippen LogP contribution in [0.5, 0.6) is 0 Å². The third kappa shape index (κ3) is 4.79. The number of nitrogens with one attached hydrogen (secondary N) is 2. The van der Waals surface area contributed by atoms with E-state index in [1.165, 1.54) is 12.2 Å². The smallest absolute Gasteiger partial charge is 0.355 e. The number of esters is 1. The molecule has 4 N–H and O–H groups in total. The quantitative estimate of drug-likeness (QED) is 0.386. The SMILES string of the molecule is CCOC(=O)c1[nH]c2cc(Cl)cc(Cl)c2c1/C=C/C(=O)Nc1ccc(CN)cc1. The minimum atomic E-state index is -0.548. The Labute approximate surface area is 177 Å². The maximum atomic E-state index is 12.4. The van der Waals surface area contributed by atoms with E-state index in [-0.39, 0.29) is 18.2 Å². The number of hydrogen-bond donors (Lipinski definition) is 3. The second-order valence-electron chi connectivity index (χ2n) is 6.17. The highest BCUT2D eigenvalue weighted by Gasteiger charge is 2.19. The zero-order valence-corrected chi connectivity index (χ0v) is 17.1. The molecule has 150 valence electrons. The lowest BCUT2D eigenvalue weighted by Gasteiger charge is -2.04. The molecule has 3 rings (SSSR count). The molecule has 0 saturated carbocycles. The minimum Gasteiger partial charge on any atom is -0.461 e. The van der Waals surface area contributed by atoms with Gasteiger partial charge < -0.3 is 20.8 Å². The van der Waals surface area contributed by atoms with Crippen molar-refractivity contribution in [3.63, 3.8) is 0 Å². The molecule has 1 amide bonds. The summed E-state index contributed by atoms with van der Waals surface area (Å²) < 4.78 is 5.10. The normalized spacial score (nSPS) is 11.2. The summed E-state index contributed by atoms with van der Waals surface area (Å²) in [6, 6.07) is 10.4. The van der Waals surface area contributed by atoms with E-state index in [2.05, 4.69) is 10.3 Å². The van der Waals surface area contributed by atoms with Crippen LogP contribution in [0.25, 0.3) is 17.0 Å². The van der Waals surface area contributed by atoms with Gasteiger partial charge in [-0.3, -0.25) is 4.79 Å². The Hall–Kier alpha value is -2.80. The number of carbonyl (C=O) groups is 2. The molecule has 0 bridgehead atoms. The first kappa shape index (κ1) is 20.9. The van der Waals surface area contributed by atoms with E-state index in [0.717, 1.165) is 5.56 Å². The largest absolute Gasteiger partial charge is 0.461 e. The topological polar surface area (TPSA) is 97.2 Å². The summed E-state index contributed by atoms with van der Waals surface area (Å²) in [5.74, 6) is -0.909. The van der Waals surface area contributed by atoms with E-state index in [1.54, 1.807) is 31.2 Å². The fraction of sp³-hybridized carbons (Fsp3) is 0.143. The van der Waals surface area contributed by atoms with Gasteiger partial charge in [-0.25, -0.2) is 4.79 Å². The Kier molecular flexibility index (Phi) is 6.59. The first-order chi connectivity index (χ1) is 13.9. The molecule has 2 aromatic carbocycles. The molecule has 0 saturated heterocycles. The number of carbonyl (C=O) groups excluding carboxylic acids is 2. The Morgan fingerprint density at radius 1 is 1.21 bits per heavy atom. The molecule has 0 atom stereocenters. The number of aromatic amines is 1. The molecular formula is C21H19Cl2N3O3. The molecule has 0 aliphatic carbocycles. The molecule has 0 aliphatic heterocycles. The highest BCUT2D eigenvalue weighted by atomic mass is 35.5. The van der Waals surface area contributed by atoms with Crippen molar-refractivity contribution < 1.29 is 14.3 Å². The molecule has 6 nitrogen and oxygen atoms in total. The predicted molar refractivity (Wildman–Crippen MR) is 116 cm³/mol. The van der Waals surface area contributed by atoms with Gasteiger partial charge in [-0.2, -0.15) is 0 Å². The summed E-state index contributed by atoms with van der Waals surface area (Å²) in [5.41, 5.74) is 8.39. The Balaban J connectivity index is 1.93. The standard InChI is InChI=1S/C21H19Cl2N3O3/c1-2-29-21(28)20-15(19-16(23)9-13(22)10-17(19)26-20)7-8-18(27)25-14-5-3-12(11-24)4-6-14/h3-10,26H,2,11,24H2,1H3,(H,25,27)/b8-7+. The van der Waals surface area contributed by atoms with Crippen LogP contribution >= 0.6 is 23.2 Å². The van der Waals surface area contributed by atoms with Gasteiger partial charge in [0.15, 0.2) is 0 Å². The molecule has 3 aromatic rings. The van der Waals surface area contributed by atoms with Crippen LogP contribution in [-0.2, 0) is 16.1 Å². The van der Waals surface area contributed by atoms with Crippen LogP contribution in [0.2, 0.25) is 10.0 Å². The van der Waals surface area contributed by atoms with E-state index in [1.807, 2.05) is 12.1 Å². The lowest BCUT2D eigenvalue weighted by molar-refractivity contribution is -0.111. The van der Waals surface area contributed by atoms with Crippen LogP contribution in [0, 0.1) is 0 Å². The molecule has 1 heterocycles. The fourth-order valence-electron chi connectivity index (χ4n) is 2.87. The van der Waals surface area contributed by atoms with Crippen molar-refractivity contribution in [2.24, 2.45) is 5.73 Å². The van der Waals surface area contributed by atoms with Crippen molar-refractivity contribution in [3.05, 3.63) is 69.3 Å². The molecule has 0 radical (unpaired) electrons. The monoisotopic (exact) mass is 431 g/mol. The average molecular weight is 432 g/mol. The van der Waals surface area contributed by atoms with Gasteiger partial charge in [0.25, 0.3) is 0 Å². The molecule has 8 heteroatoms. The van der Waals surface area contributed by atoms with Gasteiger partial charge in [0.1, 0.15) is 5.69 Å². The predicted octanol–water partition coefficient (Wildman–Crippen LogP) is 4.76. The van der Waals surface area contributed by atoms with Gasteiger partial charge in [-0.05, 0) is 42.8 Å². The summed E-state index contributed by atoms with van der Waals surface area (Å²) in [6.45, 7) is 2.35. The highest BCUT2D eigenvalue weighted by Crippen LogP contribution is 2.33. The fourth-order valence-corrected chi connectivity index (χ4v) is 3.47. The third-order valence-electron chi connectivity index (χ3n) is 4.19. The van der Waals surface area contributed by atoms with Gasteiger partial charge >= 0.3 is 5.97 Å². The summed E-state index contributed by atoms with van der Waals surface area (Å²) in [4.78, 5) is 27.7. The van der Waals surface area contributed by atoms with Crippen molar-refractivity contribution >= 4 is 57.7 Å². The van der Waals surface area contributed by atoms with Crippen molar-refractivity contribution in [2.75, 3.05) is 11.9 Å². The third-order valence-corrected chi connectivity index (χ3v) is 4.71. The van der Waals surface area contributed by atoms with Gasteiger partial charge in [0.2, 0.25) is 5.91 Å². The molecule has 0 spiro atoms. The molecular weight excluding hydrogens is 413 g/mol. The van der Waals surface area contributed by atoms with E-state index in [9.17, 15) is 9.59 Å². The molecule has 29 heavy (non-hydrogen) atoms. The van der Waals surface area contributed by atoms with Crippen LogP contribution in [0.4, 0.5) is 5.69 Å². The van der Waals surface area contributed by atoms with Crippen molar-refractivity contribution in [2.45, 2.75) is 13.5 Å². The van der Waals surface area contributed by atoms with Crippen LogP contribution in [0.3, 0.4) is 0 Å². The maximum absolute atomic E-state index is 12.4. The number of anilines is 1. The van der Waals surface area contributed by atoms with Gasteiger partial charge in [-0.1, -0.05) is 35.3 Å². The molecule has 1 aromatic heterocycles. The lowest BCUT2D eigenvalue weighted by atomic mass is 10.1. The van der Waals surface area contributed by atoms with Crippen LogP contribution in [0.1, 0.15) is 28.5 Å². The van der Waals surface area contributed by atoms with Gasteiger partial charge in [0, 0.05) is 39.8 Å².